The molecule has 5 heteroatoms. The number of hydrogen-bond acceptors (Lipinski definition) is 4. The second kappa shape index (κ2) is 5.65. The van der Waals surface area contributed by atoms with Crippen molar-refractivity contribution in [3.63, 3.8) is 0 Å². The minimum atomic E-state index is -0.184. The molecule has 0 saturated carbocycles. The summed E-state index contributed by atoms with van der Waals surface area (Å²) >= 11 is 0. The molecule has 0 aromatic heterocycles. The van der Waals surface area contributed by atoms with E-state index in [1.165, 1.54) is 0 Å². The number of rotatable bonds is 3. The van der Waals surface area contributed by atoms with Crippen molar-refractivity contribution in [1.82, 2.24) is 10.2 Å². The Morgan fingerprint density at radius 1 is 1.24 bits per heavy atom. The SMILES string of the molecule is N=NC(=N)C(c1ccccc1)N1CCNCC1. The van der Waals surface area contributed by atoms with Crippen LogP contribution in [0.25, 0.3) is 0 Å². The van der Waals surface area contributed by atoms with Crippen molar-refractivity contribution in [2.45, 2.75) is 6.04 Å². The Labute approximate surface area is 101 Å². The third kappa shape index (κ3) is 2.75. The standard InChI is InChI=1S/C12H17N5/c13-12(16-14)11(10-4-2-1-3-5-10)17-8-6-15-7-9-17/h1-5,11,13-15H,6-9H2. The van der Waals surface area contributed by atoms with Crippen LogP contribution in [0.3, 0.4) is 0 Å². The highest BCUT2D eigenvalue weighted by Gasteiger charge is 2.25. The molecule has 0 amide bonds. The van der Waals surface area contributed by atoms with Crippen LogP contribution in [-0.2, 0) is 0 Å². The number of hydrogen-bond donors (Lipinski definition) is 3. The van der Waals surface area contributed by atoms with Gasteiger partial charge in [-0.1, -0.05) is 30.3 Å². The Bertz CT molecular complexity index is 383. The molecule has 5 nitrogen and oxygen atoms in total. The Morgan fingerprint density at radius 3 is 2.47 bits per heavy atom. The van der Waals surface area contributed by atoms with Crippen molar-refractivity contribution in [1.29, 1.82) is 10.9 Å². The van der Waals surface area contributed by atoms with E-state index in [9.17, 15) is 0 Å². The maximum Gasteiger partial charge on any atom is 0.164 e. The van der Waals surface area contributed by atoms with Crippen LogP contribution in [0.5, 0.6) is 0 Å². The third-order valence-corrected chi connectivity index (χ3v) is 3.01. The molecule has 0 aliphatic carbocycles. The van der Waals surface area contributed by atoms with E-state index >= 15 is 0 Å². The summed E-state index contributed by atoms with van der Waals surface area (Å²) in [6.45, 7) is 3.62. The summed E-state index contributed by atoms with van der Waals surface area (Å²) in [5.74, 6) is 0.109. The van der Waals surface area contributed by atoms with E-state index in [2.05, 4.69) is 15.3 Å². The van der Waals surface area contributed by atoms with E-state index in [0.29, 0.717) is 0 Å². The van der Waals surface area contributed by atoms with Gasteiger partial charge in [-0.25, -0.2) is 5.53 Å². The fraction of sp³-hybridized carbons (Fsp3) is 0.417. The fourth-order valence-corrected chi connectivity index (χ4v) is 2.18. The topological polar surface area (TPSA) is 75.3 Å². The van der Waals surface area contributed by atoms with Crippen molar-refractivity contribution in [3.05, 3.63) is 35.9 Å². The van der Waals surface area contributed by atoms with Gasteiger partial charge in [0.2, 0.25) is 0 Å². The van der Waals surface area contributed by atoms with E-state index in [1.54, 1.807) is 0 Å². The zero-order valence-corrected chi connectivity index (χ0v) is 9.69. The molecule has 90 valence electrons. The van der Waals surface area contributed by atoms with Crippen LogP contribution in [0.2, 0.25) is 0 Å². The first-order chi connectivity index (χ1) is 8.33. The van der Waals surface area contributed by atoms with Crippen LogP contribution in [0.15, 0.2) is 35.4 Å². The maximum absolute atomic E-state index is 7.85. The number of amidine groups is 1. The third-order valence-electron chi connectivity index (χ3n) is 3.01. The second-order valence-electron chi connectivity index (χ2n) is 4.10. The van der Waals surface area contributed by atoms with Gasteiger partial charge in [0.15, 0.2) is 5.84 Å². The van der Waals surface area contributed by atoms with E-state index in [4.69, 9.17) is 10.9 Å². The summed E-state index contributed by atoms with van der Waals surface area (Å²) in [4.78, 5) is 2.20. The molecule has 0 radical (unpaired) electrons. The van der Waals surface area contributed by atoms with Crippen LogP contribution >= 0.6 is 0 Å². The van der Waals surface area contributed by atoms with E-state index in [-0.39, 0.29) is 11.9 Å². The van der Waals surface area contributed by atoms with Crippen LogP contribution in [0.1, 0.15) is 11.6 Å². The van der Waals surface area contributed by atoms with E-state index < -0.39 is 0 Å². The van der Waals surface area contributed by atoms with Crippen LogP contribution in [-0.4, -0.2) is 36.9 Å². The molecule has 2 rings (SSSR count). The quantitative estimate of drug-likeness (QED) is 0.420. The average molecular weight is 231 g/mol. The highest BCUT2D eigenvalue weighted by atomic mass is 15.2. The normalized spacial score (nSPS) is 18.6. The smallest absolute Gasteiger partial charge is 0.164 e. The molecule has 1 heterocycles. The largest absolute Gasteiger partial charge is 0.314 e. The zero-order valence-electron chi connectivity index (χ0n) is 9.69. The van der Waals surface area contributed by atoms with Gasteiger partial charge in [0, 0.05) is 26.2 Å². The molecule has 1 fully saturated rings. The van der Waals surface area contributed by atoms with Gasteiger partial charge in [-0.15, -0.1) is 5.11 Å². The molecular formula is C12H17N5. The Kier molecular flexibility index (Phi) is 3.95. The van der Waals surface area contributed by atoms with Crippen molar-refractivity contribution in [2.24, 2.45) is 5.11 Å². The predicted octanol–water partition coefficient (Wildman–Crippen LogP) is 1.64. The molecule has 17 heavy (non-hydrogen) atoms. The van der Waals surface area contributed by atoms with Crippen molar-refractivity contribution in [3.8, 4) is 0 Å². The molecule has 0 spiro atoms. The van der Waals surface area contributed by atoms with E-state index in [1.807, 2.05) is 30.3 Å². The van der Waals surface area contributed by atoms with Crippen molar-refractivity contribution < 1.29 is 0 Å². The van der Waals surface area contributed by atoms with Gasteiger partial charge in [-0.05, 0) is 5.56 Å². The van der Waals surface area contributed by atoms with Gasteiger partial charge in [0.05, 0.1) is 6.04 Å². The van der Waals surface area contributed by atoms with Gasteiger partial charge < -0.3 is 5.32 Å². The molecule has 1 aliphatic rings. The molecular weight excluding hydrogens is 214 g/mol. The first-order valence-electron chi connectivity index (χ1n) is 5.78. The molecule has 1 aliphatic heterocycles. The zero-order chi connectivity index (χ0) is 12.1. The molecule has 1 atom stereocenters. The summed E-state index contributed by atoms with van der Waals surface area (Å²) in [6, 6.07) is 9.68. The Balaban J connectivity index is 2.24. The van der Waals surface area contributed by atoms with Gasteiger partial charge in [0.25, 0.3) is 0 Å². The van der Waals surface area contributed by atoms with Crippen LogP contribution < -0.4 is 5.32 Å². The predicted molar refractivity (Wildman–Crippen MR) is 66.5 cm³/mol. The minimum absolute atomic E-state index is 0.109. The molecule has 3 N–H and O–H groups in total. The van der Waals surface area contributed by atoms with Crippen LogP contribution in [0, 0.1) is 10.9 Å². The Morgan fingerprint density at radius 2 is 1.88 bits per heavy atom. The summed E-state index contributed by atoms with van der Waals surface area (Å²) < 4.78 is 0. The molecule has 1 aromatic carbocycles. The highest BCUT2D eigenvalue weighted by Crippen LogP contribution is 2.22. The maximum atomic E-state index is 7.85. The molecule has 1 saturated heterocycles. The summed E-state index contributed by atoms with van der Waals surface area (Å²) in [5, 5.41) is 14.5. The summed E-state index contributed by atoms with van der Waals surface area (Å²) in [6.07, 6.45) is 0. The number of benzene rings is 1. The molecule has 1 aromatic rings. The fourth-order valence-electron chi connectivity index (χ4n) is 2.18. The first-order valence-corrected chi connectivity index (χ1v) is 5.78. The molecule has 0 bridgehead atoms. The lowest BCUT2D eigenvalue weighted by Crippen LogP contribution is -2.46. The van der Waals surface area contributed by atoms with Gasteiger partial charge in [-0.3, -0.25) is 10.3 Å². The first kappa shape index (κ1) is 11.9. The average Bonchev–Trinajstić information content (AvgIpc) is 2.41. The van der Waals surface area contributed by atoms with E-state index in [0.717, 1.165) is 31.7 Å². The number of nitrogens with one attached hydrogen (secondary N) is 3. The molecule has 1 unspecified atom stereocenters. The van der Waals surface area contributed by atoms with Gasteiger partial charge in [0.1, 0.15) is 0 Å². The minimum Gasteiger partial charge on any atom is -0.314 e. The summed E-state index contributed by atoms with van der Waals surface area (Å²) in [7, 11) is 0. The van der Waals surface area contributed by atoms with Crippen molar-refractivity contribution in [2.75, 3.05) is 26.2 Å². The van der Waals surface area contributed by atoms with Crippen molar-refractivity contribution >= 4 is 5.84 Å². The van der Waals surface area contributed by atoms with Gasteiger partial charge in [-0.2, -0.15) is 0 Å². The second-order valence-corrected chi connectivity index (χ2v) is 4.10. The monoisotopic (exact) mass is 231 g/mol. The number of piperazine rings is 1. The Hall–Kier alpha value is -1.59. The lowest BCUT2D eigenvalue weighted by molar-refractivity contribution is 0.212. The van der Waals surface area contributed by atoms with Crippen LogP contribution in [0.4, 0.5) is 0 Å². The summed E-state index contributed by atoms with van der Waals surface area (Å²) in [5.41, 5.74) is 8.10. The highest BCUT2D eigenvalue weighted by molar-refractivity contribution is 5.85. The van der Waals surface area contributed by atoms with Gasteiger partial charge >= 0.3 is 0 Å². The lowest BCUT2D eigenvalue weighted by atomic mass is 10.0. The number of nitrogens with zero attached hydrogens (tertiary/aromatic N) is 2. The lowest BCUT2D eigenvalue weighted by Gasteiger charge is -2.34.